The quantitative estimate of drug-likeness (QED) is 0.686. The van der Waals surface area contributed by atoms with Gasteiger partial charge in [0.15, 0.2) is 5.17 Å². The van der Waals surface area contributed by atoms with Gasteiger partial charge in [-0.3, -0.25) is 9.69 Å². The molecule has 3 rings (SSSR count). The Bertz CT molecular complexity index is 794. The van der Waals surface area contributed by atoms with Crippen molar-refractivity contribution in [3.63, 3.8) is 0 Å². The first-order valence-corrected chi connectivity index (χ1v) is 7.72. The van der Waals surface area contributed by atoms with Crippen molar-refractivity contribution in [1.82, 2.24) is 4.90 Å². The van der Waals surface area contributed by atoms with E-state index in [1.54, 1.807) is 54.8 Å². The van der Waals surface area contributed by atoms with E-state index in [2.05, 4.69) is 11.6 Å². The number of thioether (sulfide) groups is 1. The van der Waals surface area contributed by atoms with Crippen molar-refractivity contribution in [1.29, 1.82) is 0 Å². The Labute approximate surface area is 137 Å². The molecular formula is C17H14N2O3S. The number of amides is 1. The molecule has 1 fully saturated rings. The maximum absolute atomic E-state index is 12.5. The van der Waals surface area contributed by atoms with E-state index >= 15 is 0 Å². The van der Waals surface area contributed by atoms with Gasteiger partial charge in [0.25, 0.3) is 5.91 Å². The molecule has 2 heterocycles. The summed E-state index contributed by atoms with van der Waals surface area (Å²) in [6, 6.07) is 10.1. The molecule has 1 aromatic carbocycles. The molecule has 0 atom stereocenters. The molecule has 0 radical (unpaired) electrons. The number of aliphatic imine (C=N–C) groups is 1. The summed E-state index contributed by atoms with van der Waals surface area (Å²) in [6.45, 7) is 4.04. The van der Waals surface area contributed by atoms with Crippen LogP contribution in [0.25, 0.3) is 6.08 Å². The number of hydrogen-bond acceptors (Lipinski definition) is 5. The fourth-order valence-electron chi connectivity index (χ4n) is 2.06. The van der Waals surface area contributed by atoms with Crippen molar-refractivity contribution < 1.29 is 14.3 Å². The highest BCUT2D eigenvalue weighted by Gasteiger charge is 2.32. The molecule has 1 saturated heterocycles. The summed E-state index contributed by atoms with van der Waals surface area (Å²) < 4.78 is 5.25. The molecule has 0 aliphatic carbocycles. The summed E-state index contributed by atoms with van der Waals surface area (Å²) in [6.07, 6.45) is 4.89. The lowest BCUT2D eigenvalue weighted by Crippen LogP contribution is -2.29. The molecule has 1 amide bonds. The molecular weight excluding hydrogens is 312 g/mol. The van der Waals surface area contributed by atoms with Gasteiger partial charge in [0, 0.05) is 18.7 Å². The van der Waals surface area contributed by atoms with E-state index in [4.69, 9.17) is 4.42 Å². The standard InChI is InChI=1S/C17H14N2O3S/c1-2-8-19-16(21)15(11-14-7-4-9-22-14)23-17(19)18-12-5-3-6-13(20)10-12/h2-7,9-11,20H,1,8H2. The average molecular weight is 326 g/mol. The van der Waals surface area contributed by atoms with Crippen molar-refractivity contribution in [3.8, 4) is 5.75 Å². The van der Waals surface area contributed by atoms with Gasteiger partial charge in [-0.1, -0.05) is 12.1 Å². The number of amidine groups is 1. The highest BCUT2D eigenvalue weighted by atomic mass is 32.2. The first-order chi connectivity index (χ1) is 11.2. The van der Waals surface area contributed by atoms with Gasteiger partial charge in [0.1, 0.15) is 11.5 Å². The molecule has 2 aromatic rings. The molecule has 1 aromatic heterocycles. The molecule has 1 aliphatic rings. The number of nitrogens with zero attached hydrogens (tertiary/aromatic N) is 2. The number of benzene rings is 1. The zero-order chi connectivity index (χ0) is 16.2. The number of furan rings is 1. The Morgan fingerprint density at radius 2 is 2.22 bits per heavy atom. The van der Waals surface area contributed by atoms with E-state index in [-0.39, 0.29) is 11.7 Å². The molecule has 23 heavy (non-hydrogen) atoms. The SMILES string of the molecule is C=CCN1C(=O)C(=Cc2ccco2)SC1=Nc1cccc(O)c1. The Balaban J connectivity index is 1.95. The lowest BCUT2D eigenvalue weighted by atomic mass is 10.3. The van der Waals surface area contributed by atoms with Crippen molar-refractivity contribution in [2.24, 2.45) is 4.99 Å². The first kappa shape index (κ1) is 15.2. The number of carbonyl (C=O) groups is 1. The van der Waals surface area contributed by atoms with E-state index in [1.807, 2.05) is 0 Å². The van der Waals surface area contributed by atoms with E-state index in [0.717, 1.165) is 0 Å². The summed E-state index contributed by atoms with van der Waals surface area (Å²) in [4.78, 5) is 19.0. The molecule has 0 saturated carbocycles. The van der Waals surface area contributed by atoms with Crippen LogP contribution in [0.5, 0.6) is 5.75 Å². The van der Waals surface area contributed by atoms with E-state index in [0.29, 0.717) is 28.1 Å². The Kier molecular flexibility index (Phi) is 4.34. The Morgan fingerprint density at radius 3 is 2.91 bits per heavy atom. The highest BCUT2D eigenvalue weighted by Crippen LogP contribution is 2.34. The molecule has 0 bridgehead atoms. The van der Waals surface area contributed by atoms with Crippen LogP contribution < -0.4 is 0 Å². The van der Waals surface area contributed by atoms with Crippen LogP contribution in [0.2, 0.25) is 0 Å². The number of hydrogen-bond donors (Lipinski definition) is 1. The molecule has 0 spiro atoms. The Hall–Kier alpha value is -2.73. The second-order valence-corrected chi connectivity index (χ2v) is 5.75. The first-order valence-electron chi connectivity index (χ1n) is 6.91. The molecule has 0 unspecified atom stereocenters. The van der Waals surface area contributed by atoms with Gasteiger partial charge in [0.05, 0.1) is 16.9 Å². The fourth-order valence-corrected chi connectivity index (χ4v) is 3.05. The van der Waals surface area contributed by atoms with Crippen LogP contribution in [0.4, 0.5) is 5.69 Å². The second kappa shape index (κ2) is 6.58. The van der Waals surface area contributed by atoms with E-state index in [9.17, 15) is 9.90 Å². The second-order valence-electron chi connectivity index (χ2n) is 4.74. The van der Waals surface area contributed by atoms with E-state index < -0.39 is 0 Å². The minimum absolute atomic E-state index is 0.128. The average Bonchev–Trinajstić information content (AvgIpc) is 3.12. The van der Waals surface area contributed by atoms with Gasteiger partial charge in [-0.15, -0.1) is 6.58 Å². The maximum Gasteiger partial charge on any atom is 0.267 e. The summed E-state index contributed by atoms with van der Waals surface area (Å²) >= 11 is 1.26. The van der Waals surface area contributed by atoms with E-state index in [1.165, 1.54) is 16.7 Å². The van der Waals surface area contributed by atoms with Gasteiger partial charge in [0.2, 0.25) is 0 Å². The summed E-state index contributed by atoms with van der Waals surface area (Å²) in [5.74, 6) is 0.589. The molecule has 116 valence electrons. The zero-order valence-electron chi connectivity index (χ0n) is 12.2. The van der Waals surface area contributed by atoms with Gasteiger partial charge in [-0.2, -0.15) is 0 Å². The predicted octanol–water partition coefficient (Wildman–Crippen LogP) is 3.78. The number of phenols is 1. The number of phenolic OH excluding ortho intramolecular Hbond substituents is 1. The van der Waals surface area contributed by atoms with Crippen molar-refractivity contribution in [3.05, 3.63) is 66.0 Å². The number of aromatic hydroxyl groups is 1. The smallest absolute Gasteiger partial charge is 0.267 e. The molecule has 6 heteroatoms. The third-order valence-corrected chi connectivity index (χ3v) is 4.08. The third-order valence-electron chi connectivity index (χ3n) is 3.07. The topological polar surface area (TPSA) is 66.0 Å². The van der Waals surface area contributed by atoms with Crippen molar-refractivity contribution in [2.75, 3.05) is 6.54 Å². The van der Waals surface area contributed by atoms with Gasteiger partial charge < -0.3 is 9.52 Å². The monoisotopic (exact) mass is 326 g/mol. The third kappa shape index (κ3) is 3.37. The van der Waals surface area contributed by atoms with Gasteiger partial charge in [-0.05, 0) is 36.0 Å². The normalized spacial score (nSPS) is 18.1. The minimum atomic E-state index is -0.148. The minimum Gasteiger partial charge on any atom is -0.508 e. The van der Waals surface area contributed by atoms with Crippen LogP contribution in [-0.4, -0.2) is 27.6 Å². The lowest BCUT2D eigenvalue weighted by molar-refractivity contribution is -0.121. The van der Waals surface area contributed by atoms with Gasteiger partial charge >= 0.3 is 0 Å². The van der Waals surface area contributed by atoms with Crippen LogP contribution in [0.15, 0.2) is 69.6 Å². The fraction of sp³-hybridized carbons (Fsp3) is 0.0588. The predicted molar refractivity (Wildman–Crippen MR) is 91.4 cm³/mol. The van der Waals surface area contributed by atoms with Crippen molar-refractivity contribution >= 4 is 34.6 Å². The molecule has 1 aliphatic heterocycles. The zero-order valence-corrected chi connectivity index (χ0v) is 13.0. The number of carbonyl (C=O) groups excluding carboxylic acids is 1. The molecule has 1 N–H and O–H groups in total. The number of rotatable bonds is 4. The maximum atomic E-state index is 12.5. The highest BCUT2D eigenvalue weighted by molar-refractivity contribution is 8.18. The van der Waals surface area contributed by atoms with Crippen LogP contribution in [-0.2, 0) is 4.79 Å². The summed E-state index contributed by atoms with van der Waals surface area (Å²) in [7, 11) is 0. The summed E-state index contributed by atoms with van der Waals surface area (Å²) in [5.41, 5.74) is 0.577. The largest absolute Gasteiger partial charge is 0.508 e. The van der Waals surface area contributed by atoms with Crippen LogP contribution >= 0.6 is 11.8 Å². The van der Waals surface area contributed by atoms with Crippen LogP contribution in [0.3, 0.4) is 0 Å². The Morgan fingerprint density at radius 1 is 1.35 bits per heavy atom. The summed E-state index contributed by atoms with van der Waals surface area (Å²) in [5, 5.41) is 10.1. The van der Waals surface area contributed by atoms with Gasteiger partial charge in [-0.25, -0.2) is 4.99 Å². The van der Waals surface area contributed by atoms with Crippen LogP contribution in [0, 0.1) is 0 Å². The molecule has 5 nitrogen and oxygen atoms in total. The van der Waals surface area contributed by atoms with Crippen molar-refractivity contribution in [2.45, 2.75) is 0 Å². The lowest BCUT2D eigenvalue weighted by Gasteiger charge is -2.12. The van der Waals surface area contributed by atoms with Crippen LogP contribution in [0.1, 0.15) is 5.76 Å².